The summed E-state index contributed by atoms with van der Waals surface area (Å²) in [4.78, 5) is 26.3. The normalized spacial score (nSPS) is 17.2. The van der Waals surface area contributed by atoms with Gasteiger partial charge in [-0.3, -0.25) is 4.79 Å². The lowest BCUT2D eigenvalue weighted by molar-refractivity contribution is 0.0761. The van der Waals surface area contributed by atoms with E-state index in [9.17, 15) is 4.79 Å². The molecule has 4 rings (SSSR count). The summed E-state index contributed by atoms with van der Waals surface area (Å²) in [7, 11) is 0. The monoisotopic (exact) mass is 357 g/mol. The predicted molar refractivity (Wildman–Crippen MR) is 99.5 cm³/mol. The molecule has 7 heteroatoms. The molecule has 0 aromatic carbocycles. The average molecular weight is 357 g/mol. The largest absolute Gasteiger partial charge is 0.336 e. The van der Waals surface area contributed by atoms with Crippen LogP contribution < -0.4 is 0 Å². The second-order valence-electron chi connectivity index (χ2n) is 6.72. The number of aromatic nitrogens is 4. The van der Waals surface area contributed by atoms with E-state index in [2.05, 4.69) is 17.0 Å². The molecule has 0 saturated carbocycles. The van der Waals surface area contributed by atoms with Crippen LogP contribution in [0.2, 0.25) is 0 Å². The second-order valence-corrected chi connectivity index (χ2v) is 7.80. The van der Waals surface area contributed by atoms with E-state index in [4.69, 9.17) is 4.98 Å². The molecule has 25 heavy (non-hydrogen) atoms. The van der Waals surface area contributed by atoms with Gasteiger partial charge >= 0.3 is 0 Å². The van der Waals surface area contributed by atoms with Crippen molar-refractivity contribution in [3.05, 3.63) is 22.1 Å². The van der Waals surface area contributed by atoms with Crippen molar-refractivity contribution in [1.82, 2.24) is 24.5 Å². The molecule has 0 N–H and O–H groups in total. The van der Waals surface area contributed by atoms with E-state index < -0.39 is 0 Å². The zero-order chi connectivity index (χ0) is 17.7. The Hall–Kier alpha value is -2.02. The minimum atomic E-state index is -0.113. The van der Waals surface area contributed by atoms with Crippen molar-refractivity contribution < 1.29 is 4.79 Å². The molecule has 0 aliphatic heterocycles. The van der Waals surface area contributed by atoms with Gasteiger partial charge in [-0.15, -0.1) is 16.4 Å². The Balaban J connectivity index is 1.97. The van der Waals surface area contributed by atoms with Gasteiger partial charge in [-0.05, 0) is 51.5 Å². The molecule has 3 aromatic rings. The van der Waals surface area contributed by atoms with E-state index in [-0.39, 0.29) is 11.7 Å². The van der Waals surface area contributed by atoms with Crippen molar-refractivity contribution in [2.45, 2.75) is 52.9 Å². The number of fused-ring (bicyclic) bond motifs is 5. The molecule has 0 saturated heterocycles. The molecular formula is C18H23N5OS. The van der Waals surface area contributed by atoms with Crippen molar-refractivity contribution in [1.29, 1.82) is 0 Å². The summed E-state index contributed by atoms with van der Waals surface area (Å²) in [5.74, 6) is 1.44. The van der Waals surface area contributed by atoms with Crippen molar-refractivity contribution >= 4 is 33.1 Å². The number of amides is 1. The van der Waals surface area contributed by atoms with Crippen LogP contribution in [0.15, 0.2) is 0 Å². The number of carbonyl (C=O) groups is 1. The first-order chi connectivity index (χ1) is 12.0. The molecule has 0 fully saturated rings. The lowest BCUT2D eigenvalue weighted by Crippen LogP contribution is -2.31. The van der Waals surface area contributed by atoms with Crippen LogP contribution in [-0.2, 0) is 6.42 Å². The first-order valence-electron chi connectivity index (χ1n) is 9.03. The molecule has 1 aliphatic carbocycles. The number of hydrogen-bond acceptors (Lipinski definition) is 5. The molecule has 132 valence electrons. The highest BCUT2D eigenvalue weighted by atomic mass is 32.1. The van der Waals surface area contributed by atoms with Crippen LogP contribution >= 0.6 is 11.3 Å². The molecule has 1 atom stereocenters. The number of thiophene rings is 1. The fraction of sp³-hybridized carbons (Fsp3) is 0.556. The van der Waals surface area contributed by atoms with Gasteiger partial charge in [-0.2, -0.15) is 4.52 Å². The van der Waals surface area contributed by atoms with Crippen LogP contribution in [-0.4, -0.2) is 43.5 Å². The number of carbonyl (C=O) groups excluding carboxylic acids is 1. The third-order valence-corrected chi connectivity index (χ3v) is 6.34. The molecule has 0 bridgehead atoms. The average Bonchev–Trinajstić information content (AvgIpc) is 3.18. The molecular weight excluding hydrogens is 334 g/mol. The Kier molecular flexibility index (Phi) is 3.98. The van der Waals surface area contributed by atoms with Crippen LogP contribution in [0.25, 0.3) is 15.9 Å². The van der Waals surface area contributed by atoms with Crippen LogP contribution in [0, 0.1) is 6.92 Å². The third-order valence-electron chi connectivity index (χ3n) is 5.18. The molecule has 3 aromatic heterocycles. The van der Waals surface area contributed by atoms with Gasteiger partial charge in [0, 0.05) is 18.0 Å². The van der Waals surface area contributed by atoms with Gasteiger partial charge in [-0.1, -0.05) is 6.92 Å². The zero-order valence-electron chi connectivity index (χ0n) is 15.2. The first-order valence-corrected chi connectivity index (χ1v) is 9.84. The van der Waals surface area contributed by atoms with Crippen molar-refractivity contribution in [3.8, 4) is 0 Å². The number of nitrogens with zero attached hydrogens (tertiary/aromatic N) is 5. The Morgan fingerprint density at radius 1 is 1.32 bits per heavy atom. The quantitative estimate of drug-likeness (QED) is 0.719. The maximum Gasteiger partial charge on any atom is 0.293 e. The molecule has 1 aliphatic rings. The van der Waals surface area contributed by atoms with Gasteiger partial charge in [-0.25, -0.2) is 9.97 Å². The second kappa shape index (κ2) is 6.05. The summed E-state index contributed by atoms with van der Waals surface area (Å²) in [6, 6.07) is 0. The summed E-state index contributed by atoms with van der Waals surface area (Å²) >= 11 is 1.78. The summed E-state index contributed by atoms with van der Waals surface area (Å²) < 4.78 is 1.74. The Morgan fingerprint density at radius 2 is 2.08 bits per heavy atom. The van der Waals surface area contributed by atoms with E-state index in [0.717, 1.165) is 28.1 Å². The van der Waals surface area contributed by atoms with Gasteiger partial charge in [0.2, 0.25) is 5.82 Å². The highest BCUT2D eigenvalue weighted by Gasteiger charge is 2.27. The van der Waals surface area contributed by atoms with Gasteiger partial charge in [0.25, 0.3) is 5.91 Å². The van der Waals surface area contributed by atoms with Gasteiger partial charge < -0.3 is 4.90 Å². The number of hydrogen-bond donors (Lipinski definition) is 0. The SMILES string of the molecule is CCN(CC)C(=O)c1nc2c3c4c(sc3nc(C)n2n1)CCC[C@@H]4C. The molecule has 6 nitrogen and oxygen atoms in total. The van der Waals surface area contributed by atoms with E-state index >= 15 is 0 Å². The molecule has 3 heterocycles. The number of rotatable bonds is 3. The fourth-order valence-corrected chi connectivity index (χ4v) is 5.20. The number of aryl methyl sites for hydroxylation is 2. The maximum absolute atomic E-state index is 12.7. The third kappa shape index (κ3) is 2.44. The predicted octanol–water partition coefficient (Wildman–Crippen LogP) is 3.57. The Labute approximate surface area is 150 Å². The molecule has 0 radical (unpaired) electrons. The van der Waals surface area contributed by atoms with E-state index in [1.165, 1.54) is 23.3 Å². The van der Waals surface area contributed by atoms with Crippen LogP contribution in [0.5, 0.6) is 0 Å². The van der Waals surface area contributed by atoms with Gasteiger partial charge in [0.05, 0.1) is 5.39 Å². The Bertz CT molecular complexity index is 969. The smallest absolute Gasteiger partial charge is 0.293 e. The summed E-state index contributed by atoms with van der Waals surface area (Å²) in [5.41, 5.74) is 2.15. The van der Waals surface area contributed by atoms with Crippen LogP contribution in [0.1, 0.15) is 66.4 Å². The van der Waals surface area contributed by atoms with Crippen LogP contribution in [0.4, 0.5) is 0 Å². The maximum atomic E-state index is 12.7. The van der Waals surface area contributed by atoms with Gasteiger partial charge in [0.1, 0.15) is 10.7 Å². The van der Waals surface area contributed by atoms with Gasteiger partial charge in [0.15, 0.2) is 5.65 Å². The van der Waals surface area contributed by atoms with Crippen molar-refractivity contribution in [2.24, 2.45) is 0 Å². The van der Waals surface area contributed by atoms with Crippen molar-refractivity contribution in [2.75, 3.05) is 13.1 Å². The summed E-state index contributed by atoms with van der Waals surface area (Å²) in [6.07, 6.45) is 3.54. The van der Waals surface area contributed by atoms with E-state index in [1.807, 2.05) is 20.8 Å². The van der Waals surface area contributed by atoms with E-state index in [1.54, 1.807) is 20.8 Å². The molecule has 0 spiro atoms. The Morgan fingerprint density at radius 3 is 2.80 bits per heavy atom. The minimum Gasteiger partial charge on any atom is -0.336 e. The lowest BCUT2D eigenvalue weighted by Gasteiger charge is -2.18. The highest BCUT2D eigenvalue weighted by Crippen LogP contribution is 2.42. The highest BCUT2D eigenvalue weighted by molar-refractivity contribution is 7.19. The first kappa shape index (κ1) is 16.4. The topological polar surface area (TPSA) is 63.4 Å². The minimum absolute atomic E-state index is 0.113. The van der Waals surface area contributed by atoms with Crippen molar-refractivity contribution in [3.63, 3.8) is 0 Å². The summed E-state index contributed by atoms with van der Waals surface area (Å²) in [5, 5.41) is 5.59. The lowest BCUT2D eigenvalue weighted by atomic mass is 9.87. The zero-order valence-corrected chi connectivity index (χ0v) is 16.0. The summed E-state index contributed by atoms with van der Waals surface area (Å²) in [6.45, 7) is 9.46. The standard InChI is InChI=1S/C18H23N5OS/c1-5-22(6-2)18(24)15-20-16-14-13-10(3)8-7-9-12(13)25-17(14)19-11(4)23(16)21-15/h10H,5-9H2,1-4H3/t10-/m0/s1. The molecule has 1 amide bonds. The van der Waals surface area contributed by atoms with E-state index in [0.29, 0.717) is 19.0 Å². The molecule has 0 unspecified atom stereocenters. The fourth-order valence-electron chi connectivity index (χ4n) is 3.83. The van der Waals surface area contributed by atoms with Crippen LogP contribution in [0.3, 0.4) is 0 Å².